The van der Waals surface area contributed by atoms with Crippen LogP contribution in [0, 0.1) is 28.6 Å². The van der Waals surface area contributed by atoms with E-state index in [1.165, 1.54) is 0 Å². The van der Waals surface area contributed by atoms with E-state index in [0.29, 0.717) is 30.7 Å². The number of methoxy groups -OCH3 is 1. The lowest BCUT2D eigenvalue weighted by Gasteiger charge is -2.59. The standard InChI is InChI=1S/C34H39NO7S/c1-32-10-9-21(37)13-19(32)7-8-22-24-14-28-34(27(39)16-36,33(24,2)15-25(38)29(22)32)42-31(41-28)23-17-43-26(30(23)40-3)12-18-5-4-6-20(35)11-18/h4-6,9-11,13,17,22,24-25,28-29,31,36,38H,7-8,12,14-16,35H2,1-3H3/t22-,24-,25-,28+,29+,31+,32-,33-,34+/m0/s1. The molecule has 4 fully saturated rings. The lowest BCUT2D eigenvalue weighted by atomic mass is 9.46. The first-order valence-corrected chi connectivity index (χ1v) is 16.0. The summed E-state index contributed by atoms with van der Waals surface area (Å²) >= 11 is 1.54. The molecular weight excluding hydrogens is 566 g/mol. The van der Waals surface area contributed by atoms with Gasteiger partial charge < -0.3 is 30.2 Å². The molecule has 5 aliphatic rings. The third-order valence-electron chi connectivity index (χ3n) is 11.4. The summed E-state index contributed by atoms with van der Waals surface area (Å²) in [6.07, 6.45) is 6.33. The van der Waals surface area contributed by atoms with Crippen LogP contribution < -0.4 is 10.5 Å². The van der Waals surface area contributed by atoms with Gasteiger partial charge in [-0.3, -0.25) is 9.59 Å². The van der Waals surface area contributed by atoms with Crippen LogP contribution in [0.4, 0.5) is 5.69 Å². The summed E-state index contributed by atoms with van der Waals surface area (Å²) < 4.78 is 19.3. The van der Waals surface area contributed by atoms with Gasteiger partial charge in [-0.2, -0.15) is 0 Å². The number of aliphatic hydroxyl groups excluding tert-OH is 2. The molecule has 1 saturated heterocycles. The molecule has 9 heteroatoms. The molecule has 4 N–H and O–H groups in total. The molecule has 228 valence electrons. The van der Waals surface area contributed by atoms with Gasteiger partial charge in [-0.05, 0) is 67.4 Å². The molecule has 8 nitrogen and oxygen atoms in total. The van der Waals surface area contributed by atoms with Crippen LogP contribution in [0.15, 0.2) is 53.4 Å². The number of benzene rings is 1. The number of fused-ring (bicyclic) bond motifs is 7. The molecule has 0 radical (unpaired) electrons. The number of hydrogen-bond donors (Lipinski definition) is 3. The Labute approximate surface area is 255 Å². The minimum atomic E-state index is -1.40. The van der Waals surface area contributed by atoms with Crippen molar-refractivity contribution in [1.29, 1.82) is 0 Å². The first-order chi connectivity index (χ1) is 20.6. The van der Waals surface area contributed by atoms with E-state index in [2.05, 4.69) is 6.92 Å². The Kier molecular flexibility index (Phi) is 6.80. The first-order valence-electron chi connectivity index (χ1n) is 15.1. The van der Waals surface area contributed by atoms with Gasteiger partial charge in [0.1, 0.15) is 12.4 Å². The van der Waals surface area contributed by atoms with Crippen LogP contribution in [0.25, 0.3) is 0 Å². The molecule has 4 aliphatic carbocycles. The van der Waals surface area contributed by atoms with Gasteiger partial charge >= 0.3 is 0 Å². The van der Waals surface area contributed by atoms with E-state index in [0.717, 1.165) is 34.4 Å². The van der Waals surface area contributed by atoms with Crippen LogP contribution in [0.2, 0.25) is 0 Å². The van der Waals surface area contributed by atoms with Crippen molar-refractivity contribution in [3.8, 4) is 5.75 Å². The number of Topliss-reactive ketones (excluding diaryl/α,β-unsaturated/α-hetero) is 1. The summed E-state index contributed by atoms with van der Waals surface area (Å²) in [6.45, 7) is 3.50. The van der Waals surface area contributed by atoms with Crippen molar-refractivity contribution in [3.63, 3.8) is 0 Å². The second-order valence-electron chi connectivity index (χ2n) is 13.4. The molecular formula is C34H39NO7S. The predicted octanol–water partition coefficient (Wildman–Crippen LogP) is 4.53. The summed E-state index contributed by atoms with van der Waals surface area (Å²) in [7, 11) is 1.62. The fourth-order valence-corrected chi connectivity index (χ4v) is 10.7. The fraction of sp³-hybridized carbons (Fsp3) is 0.529. The molecule has 2 aromatic rings. The predicted molar refractivity (Wildman–Crippen MR) is 161 cm³/mol. The third kappa shape index (κ3) is 4.01. The van der Waals surface area contributed by atoms with Crippen LogP contribution in [-0.2, 0) is 25.5 Å². The molecule has 0 unspecified atom stereocenters. The molecule has 1 aromatic heterocycles. The van der Waals surface area contributed by atoms with E-state index in [1.54, 1.807) is 30.6 Å². The van der Waals surface area contributed by atoms with E-state index in [1.807, 2.05) is 42.6 Å². The molecule has 1 aromatic carbocycles. The number of hydrogen-bond acceptors (Lipinski definition) is 9. The summed E-state index contributed by atoms with van der Waals surface area (Å²) in [4.78, 5) is 27.0. The zero-order valence-corrected chi connectivity index (χ0v) is 25.6. The van der Waals surface area contributed by atoms with E-state index >= 15 is 0 Å². The Bertz CT molecular complexity index is 1550. The SMILES string of the molecule is COc1c([C@@H]2O[C@@H]3C[C@H]4[C@@H]5CCC6=CC(=O)C=C[C@]6(C)[C@H]5[C@@H](O)C[C@]4(C)[C@]3(C(=O)CO)O2)csc1Cc1cccc(N)c1. The summed E-state index contributed by atoms with van der Waals surface area (Å²) in [6, 6.07) is 7.74. The highest BCUT2D eigenvalue weighted by atomic mass is 32.1. The molecule has 1 aliphatic heterocycles. The lowest BCUT2D eigenvalue weighted by molar-refractivity contribution is -0.201. The average Bonchev–Trinajstić information content (AvgIpc) is 3.62. The van der Waals surface area contributed by atoms with Crippen LogP contribution in [0.1, 0.15) is 61.8 Å². The second-order valence-corrected chi connectivity index (χ2v) is 14.4. The Hall–Kier alpha value is -2.82. The van der Waals surface area contributed by atoms with Crippen molar-refractivity contribution in [2.45, 2.75) is 70.1 Å². The third-order valence-corrected chi connectivity index (χ3v) is 12.4. The normalized spacial score (nSPS) is 39.5. The first kappa shape index (κ1) is 28.9. The van der Waals surface area contributed by atoms with Crippen LogP contribution in [0.3, 0.4) is 0 Å². The number of aliphatic hydroxyl groups is 2. The topological polar surface area (TPSA) is 128 Å². The quantitative estimate of drug-likeness (QED) is 0.410. The molecule has 43 heavy (non-hydrogen) atoms. The van der Waals surface area contributed by atoms with Crippen molar-refractivity contribution in [2.24, 2.45) is 28.6 Å². The molecule has 0 spiro atoms. The molecule has 9 atom stereocenters. The zero-order valence-electron chi connectivity index (χ0n) is 24.7. The highest BCUT2D eigenvalue weighted by molar-refractivity contribution is 7.10. The Morgan fingerprint density at radius 2 is 2.09 bits per heavy atom. The van der Waals surface area contributed by atoms with Crippen molar-refractivity contribution in [3.05, 3.63) is 69.5 Å². The zero-order chi connectivity index (χ0) is 30.3. The molecule has 2 heterocycles. The minimum Gasteiger partial charge on any atom is -0.495 e. The molecule has 3 saturated carbocycles. The fourth-order valence-electron chi connectivity index (χ4n) is 9.63. The highest BCUT2D eigenvalue weighted by Crippen LogP contribution is 2.70. The number of ether oxygens (including phenoxy) is 3. The highest BCUT2D eigenvalue weighted by Gasteiger charge is 2.76. The number of allylic oxidation sites excluding steroid dienone is 4. The van der Waals surface area contributed by atoms with Crippen molar-refractivity contribution in [1.82, 2.24) is 0 Å². The maximum atomic E-state index is 13.8. The Morgan fingerprint density at radius 3 is 2.84 bits per heavy atom. The minimum absolute atomic E-state index is 0.00304. The number of nitrogens with two attached hydrogens (primary N) is 1. The summed E-state index contributed by atoms with van der Waals surface area (Å²) in [5.41, 5.74) is 6.97. The largest absolute Gasteiger partial charge is 0.495 e. The van der Waals surface area contributed by atoms with Gasteiger partial charge in [0, 0.05) is 34.2 Å². The average molecular weight is 606 g/mol. The van der Waals surface area contributed by atoms with Crippen LogP contribution in [0.5, 0.6) is 5.75 Å². The number of carbonyl (C=O) groups is 2. The van der Waals surface area contributed by atoms with Crippen molar-refractivity contribution < 1.29 is 34.0 Å². The second kappa shape index (κ2) is 10.1. The van der Waals surface area contributed by atoms with Gasteiger partial charge in [0.2, 0.25) is 0 Å². The maximum absolute atomic E-state index is 13.8. The van der Waals surface area contributed by atoms with Gasteiger partial charge in [0.05, 0.1) is 29.8 Å². The number of carbonyl (C=O) groups excluding carboxylic acids is 2. The van der Waals surface area contributed by atoms with E-state index in [-0.39, 0.29) is 23.5 Å². The van der Waals surface area contributed by atoms with E-state index < -0.39 is 47.3 Å². The number of anilines is 1. The smallest absolute Gasteiger partial charge is 0.193 e. The van der Waals surface area contributed by atoms with Gasteiger partial charge in [0.25, 0.3) is 0 Å². The van der Waals surface area contributed by atoms with Gasteiger partial charge in [-0.1, -0.05) is 37.6 Å². The maximum Gasteiger partial charge on any atom is 0.193 e. The summed E-state index contributed by atoms with van der Waals surface area (Å²) in [5, 5.41) is 24.1. The summed E-state index contributed by atoms with van der Waals surface area (Å²) in [5.74, 6) is 0.307. The molecule has 0 bridgehead atoms. The monoisotopic (exact) mass is 605 g/mol. The van der Waals surface area contributed by atoms with Crippen LogP contribution in [-0.4, -0.2) is 53.3 Å². The lowest BCUT2D eigenvalue weighted by Crippen LogP contribution is -2.63. The number of nitrogen functional groups attached to an aromatic ring is 1. The molecule has 7 rings (SSSR count). The van der Waals surface area contributed by atoms with Gasteiger partial charge in [0.15, 0.2) is 23.5 Å². The molecule has 0 amide bonds. The van der Waals surface area contributed by atoms with E-state index in [9.17, 15) is 19.8 Å². The van der Waals surface area contributed by atoms with Gasteiger partial charge in [-0.15, -0.1) is 11.3 Å². The van der Waals surface area contributed by atoms with Crippen molar-refractivity contribution >= 4 is 28.6 Å². The van der Waals surface area contributed by atoms with E-state index in [4.69, 9.17) is 19.9 Å². The van der Waals surface area contributed by atoms with Gasteiger partial charge in [-0.25, -0.2) is 0 Å². The number of rotatable bonds is 6. The Balaban J connectivity index is 1.22. The van der Waals surface area contributed by atoms with Crippen LogP contribution >= 0.6 is 11.3 Å². The van der Waals surface area contributed by atoms with Crippen molar-refractivity contribution in [2.75, 3.05) is 19.5 Å². The Morgan fingerprint density at radius 1 is 1.28 bits per heavy atom. The number of ketones is 2. The number of thiophene rings is 1.